The van der Waals surface area contributed by atoms with Crippen LogP contribution >= 0.6 is 0 Å². The normalized spacial score (nSPS) is 18.7. The van der Waals surface area contributed by atoms with Crippen LogP contribution in [0.2, 0.25) is 0 Å². The van der Waals surface area contributed by atoms with E-state index in [9.17, 15) is 5.11 Å². The summed E-state index contributed by atoms with van der Waals surface area (Å²) in [7, 11) is 0. The van der Waals surface area contributed by atoms with Crippen LogP contribution < -0.4 is 4.74 Å². The zero-order valence-corrected chi connectivity index (χ0v) is 20.1. The zero-order valence-electron chi connectivity index (χ0n) is 20.1. The number of ether oxygens (including phenoxy) is 1. The molecular formula is C29H39NO2. The van der Waals surface area contributed by atoms with Crippen molar-refractivity contribution in [1.82, 2.24) is 4.90 Å². The molecule has 1 saturated heterocycles. The minimum Gasteiger partial charge on any atom is -0.507 e. The third-order valence-corrected chi connectivity index (χ3v) is 6.96. The van der Waals surface area contributed by atoms with Crippen LogP contribution in [0.5, 0.6) is 11.5 Å². The van der Waals surface area contributed by atoms with Gasteiger partial charge in [0.25, 0.3) is 0 Å². The topological polar surface area (TPSA) is 32.7 Å². The summed E-state index contributed by atoms with van der Waals surface area (Å²) in [6.45, 7) is 9.83. The third-order valence-electron chi connectivity index (χ3n) is 6.96. The van der Waals surface area contributed by atoms with Gasteiger partial charge in [-0.15, -0.1) is 0 Å². The first-order chi connectivity index (χ1) is 15.4. The van der Waals surface area contributed by atoms with Gasteiger partial charge in [0.2, 0.25) is 0 Å². The van der Waals surface area contributed by atoms with E-state index in [1.165, 1.54) is 29.5 Å². The number of piperidine rings is 1. The molecule has 1 N–H and O–H groups in total. The lowest BCUT2D eigenvalue weighted by Crippen LogP contribution is -2.37. The summed E-state index contributed by atoms with van der Waals surface area (Å²) >= 11 is 0. The van der Waals surface area contributed by atoms with Gasteiger partial charge >= 0.3 is 0 Å². The highest BCUT2D eigenvalue weighted by atomic mass is 16.5. The standard InChI is InChI=1S/C29H39NO2/c1-4-5-7-12-23-19-26(31)28-25(21-29(2,3)32-27(28)20-23)24-14-17-30(18-15-24)16-13-22-10-8-6-9-11-22/h6,8-11,19-21,24,31H,4-5,7,12-18H2,1-3H3. The van der Waals surface area contributed by atoms with Crippen molar-refractivity contribution in [2.75, 3.05) is 19.6 Å². The number of aryl methyl sites for hydroxylation is 1. The number of benzene rings is 2. The Morgan fingerprint density at radius 1 is 1.00 bits per heavy atom. The molecule has 3 heteroatoms. The maximum Gasteiger partial charge on any atom is 0.132 e. The molecule has 0 radical (unpaired) electrons. The van der Waals surface area contributed by atoms with Crippen molar-refractivity contribution < 1.29 is 9.84 Å². The van der Waals surface area contributed by atoms with Gasteiger partial charge in [-0.3, -0.25) is 0 Å². The van der Waals surface area contributed by atoms with E-state index in [0.29, 0.717) is 11.7 Å². The van der Waals surface area contributed by atoms with E-state index in [0.717, 1.165) is 63.1 Å². The number of unbranched alkanes of at least 4 members (excludes halogenated alkanes) is 2. The van der Waals surface area contributed by atoms with Gasteiger partial charge in [-0.1, -0.05) is 50.1 Å². The molecular weight excluding hydrogens is 394 g/mol. The van der Waals surface area contributed by atoms with Crippen molar-refractivity contribution in [2.45, 2.75) is 71.3 Å². The van der Waals surface area contributed by atoms with Gasteiger partial charge in [-0.2, -0.15) is 0 Å². The first-order valence-corrected chi connectivity index (χ1v) is 12.5. The molecule has 0 spiro atoms. The number of phenols is 1. The van der Waals surface area contributed by atoms with E-state index in [-0.39, 0.29) is 5.60 Å². The molecule has 4 rings (SSSR count). The number of hydrogen-bond acceptors (Lipinski definition) is 3. The van der Waals surface area contributed by atoms with E-state index >= 15 is 0 Å². The molecule has 2 aromatic rings. The maximum atomic E-state index is 11.0. The number of hydrogen-bond donors (Lipinski definition) is 1. The number of allylic oxidation sites excluding steroid dienone is 1. The van der Waals surface area contributed by atoms with Crippen LogP contribution in [0.3, 0.4) is 0 Å². The van der Waals surface area contributed by atoms with Crippen LogP contribution in [0.1, 0.15) is 69.6 Å². The minimum absolute atomic E-state index is 0.346. The van der Waals surface area contributed by atoms with Gasteiger partial charge in [0.05, 0.1) is 5.56 Å². The van der Waals surface area contributed by atoms with E-state index in [2.05, 4.69) is 68.1 Å². The highest BCUT2D eigenvalue weighted by molar-refractivity contribution is 5.79. The van der Waals surface area contributed by atoms with Crippen molar-refractivity contribution in [3.63, 3.8) is 0 Å². The lowest BCUT2D eigenvalue weighted by Gasteiger charge is -2.38. The van der Waals surface area contributed by atoms with Crippen LogP contribution in [0.4, 0.5) is 0 Å². The monoisotopic (exact) mass is 433 g/mol. The third kappa shape index (κ3) is 5.56. The summed E-state index contributed by atoms with van der Waals surface area (Å²) in [4.78, 5) is 2.59. The Morgan fingerprint density at radius 3 is 2.47 bits per heavy atom. The summed E-state index contributed by atoms with van der Waals surface area (Å²) < 4.78 is 6.33. The molecule has 3 nitrogen and oxygen atoms in total. The van der Waals surface area contributed by atoms with Crippen molar-refractivity contribution in [3.8, 4) is 11.5 Å². The lowest BCUT2D eigenvalue weighted by atomic mass is 9.80. The Balaban J connectivity index is 1.45. The SMILES string of the molecule is CCCCCc1cc(O)c2c(c1)OC(C)(C)C=C2C1CCN(CCc2ccccc2)CC1. The second kappa shape index (κ2) is 10.1. The van der Waals surface area contributed by atoms with Crippen LogP contribution in [0.15, 0.2) is 48.5 Å². The van der Waals surface area contributed by atoms with E-state index in [1.807, 2.05) is 6.07 Å². The minimum atomic E-state index is -0.346. The molecule has 0 saturated carbocycles. The Kier molecular flexibility index (Phi) is 7.25. The number of rotatable bonds is 8. The number of aromatic hydroxyl groups is 1. The van der Waals surface area contributed by atoms with Gasteiger partial charge in [0.1, 0.15) is 17.1 Å². The fraction of sp³-hybridized carbons (Fsp3) is 0.517. The maximum absolute atomic E-state index is 11.0. The first kappa shape index (κ1) is 22.9. The van der Waals surface area contributed by atoms with E-state index in [4.69, 9.17) is 4.74 Å². The summed E-state index contributed by atoms with van der Waals surface area (Å²) in [5.74, 6) is 1.73. The van der Waals surface area contributed by atoms with Gasteiger partial charge in [-0.05, 0) is 99.9 Å². The van der Waals surface area contributed by atoms with Crippen LogP contribution in [0, 0.1) is 5.92 Å². The highest BCUT2D eigenvalue weighted by Crippen LogP contribution is 2.47. The Labute approximate surface area is 194 Å². The molecule has 0 aliphatic carbocycles. The molecule has 2 aromatic carbocycles. The Bertz CT molecular complexity index is 924. The molecule has 2 aliphatic rings. The Hall–Kier alpha value is -2.26. The molecule has 2 aliphatic heterocycles. The number of likely N-dealkylation sites (tertiary alicyclic amines) is 1. The fourth-order valence-corrected chi connectivity index (χ4v) is 5.23. The van der Waals surface area contributed by atoms with Crippen LogP contribution in [0.25, 0.3) is 5.57 Å². The molecule has 32 heavy (non-hydrogen) atoms. The van der Waals surface area contributed by atoms with Crippen molar-refractivity contribution in [3.05, 3.63) is 65.2 Å². The fourth-order valence-electron chi connectivity index (χ4n) is 5.23. The van der Waals surface area contributed by atoms with Gasteiger partial charge < -0.3 is 14.7 Å². The molecule has 0 unspecified atom stereocenters. The predicted molar refractivity (Wildman–Crippen MR) is 133 cm³/mol. The van der Waals surface area contributed by atoms with Crippen molar-refractivity contribution in [1.29, 1.82) is 0 Å². The molecule has 172 valence electrons. The largest absolute Gasteiger partial charge is 0.507 e. The predicted octanol–water partition coefficient (Wildman–Crippen LogP) is 6.63. The second-order valence-corrected chi connectivity index (χ2v) is 10.1. The molecule has 0 bridgehead atoms. The average Bonchev–Trinajstić information content (AvgIpc) is 2.77. The van der Waals surface area contributed by atoms with Gasteiger partial charge in [-0.25, -0.2) is 0 Å². The zero-order chi connectivity index (χ0) is 22.6. The lowest BCUT2D eigenvalue weighted by molar-refractivity contribution is 0.153. The van der Waals surface area contributed by atoms with Crippen LogP contribution in [-0.2, 0) is 12.8 Å². The molecule has 0 amide bonds. The quantitative estimate of drug-likeness (QED) is 0.474. The highest BCUT2D eigenvalue weighted by Gasteiger charge is 2.34. The molecule has 0 atom stereocenters. The average molecular weight is 434 g/mol. The first-order valence-electron chi connectivity index (χ1n) is 12.5. The number of nitrogens with zero attached hydrogens (tertiary/aromatic N) is 1. The second-order valence-electron chi connectivity index (χ2n) is 10.1. The molecule has 0 aromatic heterocycles. The van der Waals surface area contributed by atoms with E-state index < -0.39 is 0 Å². The van der Waals surface area contributed by atoms with Crippen LogP contribution in [-0.4, -0.2) is 35.2 Å². The molecule has 1 fully saturated rings. The summed E-state index contributed by atoms with van der Waals surface area (Å²) in [5.41, 5.74) is 4.48. The smallest absolute Gasteiger partial charge is 0.132 e. The van der Waals surface area contributed by atoms with Crippen molar-refractivity contribution >= 4 is 5.57 Å². The van der Waals surface area contributed by atoms with E-state index in [1.54, 1.807) is 0 Å². The van der Waals surface area contributed by atoms with Crippen molar-refractivity contribution in [2.24, 2.45) is 5.92 Å². The van der Waals surface area contributed by atoms with Gasteiger partial charge in [0.15, 0.2) is 0 Å². The summed E-state index contributed by atoms with van der Waals surface area (Å²) in [6, 6.07) is 14.9. The summed E-state index contributed by atoms with van der Waals surface area (Å²) in [5, 5.41) is 11.0. The van der Waals surface area contributed by atoms with Gasteiger partial charge in [0, 0.05) is 6.54 Å². The number of fused-ring (bicyclic) bond motifs is 1. The number of phenolic OH excluding ortho intramolecular Hbond substituents is 1. The Morgan fingerprint density at radius 2 is 1.75 bits per heavy atom. The molecule has 2 heterocycles. The summed E-state index contributed by atoms with van der Waals surface area (Å²) in [6.07, 6.45) is 10.2.